The second kappa shape index (κ2) is 6.18. The second-order valence-electron chi connectivity index (χ2n) is 5.52. The Bertz CT molecular complexity index is 997. The molecule has 0 bridgehead atoms. The number of aromatic hydroxyl groups is 1. The summed E-state index contributed by atoms with van der Waals surface area (Å²) in [6.45, 7) is 0.596. The van der Waals surface area contributed by atoms with Crippen molar-refractivity contribution in [3.63, 3.8) is 0 Å². The van der Waals surface area contributed by atoms with Gasteiger partial charge in [0.15, 0.2) is 5.69 Å². The van der Waals surface area contributed by atoms with Crippen molar-refractivity contribution in [2.24, 2.45) is 4.99 Å². The summed E-state index contributed by atoms with van der Waals surface area (Å²) >= 11 is 3.20. The molecule has 3 heterocycles. The van der Waals surface area contributed by atoms with Gasteiger partial charge in [-0.05, 0) is 45.8 Å². The van der Waals surface area contributed by atoms with Gasteiger partial charge < -0.3 is 14.8 Å². The van der Waals surface area contributed by atoms with Gasteiger partial charge in [-0.1, -0.05) is 6.07 Å². The average molecular weight is 398 g/mol. The molecule has 0 aliphatic carbocycles. The number of hydrogen-bond donors (Lipinski definition) is 2. The zero-order valence-electron chi connectivity index (χ0n) is 12.9. The molecule has 6 nitrogen and oxygen atoms in total. The minimum Gasteiger partial charge on any atom is -0.505 e. The lowest BCUT2D eigenvalue weighted by Crippen LogP contribution is -2.14. The average Bonchev–Trinajstić information content (AvgIpc) is 3.23. The third-order valence-corrected chi connectivity index (χ3v) is 4.31. The summed E-state index contributed by atoms with van der Waals surface area (Å²) < 4.78 is 5.72. The normalized spacial score (nSPS) is 12.6. The first-order chi connectivity index (χ1) is 12.1. The highest BCUT2D eigenvalue weighted by molar-refractivity contribution is 9.10. The van der Waals surface area contributed by atoms with E-state index in [1.807, 2.05) is 18.2 Å². The first-order valence-corrected chi connectivity index (χ1v) is 8.27. The molecule has 0 fully saturated rings. The smallest absolute Gasteiger partial charge is 0.278 e. The lowest BCUT2D eigenvalue weighted by Gasteiger charge is -2.09. The van der Waals surface area contributed by atoms with Crippen LogP contribution in [0.5, 0.6) is 5.75 Å². The molecule has 2 aromatic heterocycles. The van der Waals surface area contributed by atoms with Crippen LogP contribution in [0.15, 0.2) is 62.9 Å². The molecular weight excluding hydrogens is 386 g/mol. The Balaban J connectivity index is 1.62. The number of halogens is 1. The fourth-order valence-corrected chi connectivity index (χ4v) is 3.02. The van der Waals surface area contributed by atoms with Crippen LogP contribution in [0, 0.1) is 0 Å². The van der Waals surface area contributed by atoms with E-state index in [2.05, 4.69) is 31.2 Å². The van der Waals surface area contributed by atoms with Crippen molar-refractivity contribution in [3.8, 4) is 5.75 Å². The van der Waals surface area contributed by atoms with Crippen LogP contribution in [0.3, 0.4) is 0 Å². The number of benzene rings is 1. The van der Waals surface area contributed by atoms with E-state index in [9.17, 15) is 9.90 Å². The number of pyridine rings is 1. The maximum absolute atomic E-state index is 12.4. The van der Waals surface area contributed by atoms with E-state index in [1.165, 1.54) is 12.3 Å². The summed E-state index contributed by atoms with van der Waals surface area (Å²) in [6, 6.07) is 8.87. The minimum atomic E-state index is -0.482. The Hall–Kier alpha value is -2.93. The highest BCUT2D eigenvalue weighted by Crippen LogP contribution is 2.27. The SMILES string of the molecule is O=C(Nc1ccc2c(c1)C(c1ccoc1)=NC2)c1ncc(Br)cc1O. The number of aliphatic imine (C=N–C) groups is 1. The molecule has 0 saturated heterocycles. The zero-order chi connectivity index (χ0) is 17.4. The van der Waals surface area contributed by atoms with E-state index < -0.39 is 5.91 Å². The van der Waals surface area contributed by atoms with Gasteiger partial charge in [-0.3, -0.25) is 9.79 Å². The molecule has 124 valence electrons. The summed E-state index contributed by atoms with van der Waals surface area (Å²) in [5.41, 5.74) is 4.34. The molecule has 1 amide bonds. The number of hydrogen-bond acceptors (Lipinski definition) is 5. The number of carbonyl (C=O) groups is 1. The summed E-state index contributed by atoms with van der Waals surface area (Å²) in [7, 11) is 0. The Morgan fingerprint density at radius 1 is 1.28 bits per heavy atom. The Morgan fingerprint density at radius 2 is 2.16 bits per heavy atom. The van der Waals surface area contributed by atoms with Crippen molar-refractivity contribution in [2.45, 2.75) is 6.54 Å². The Labute approximate surface area is 151 Å². The lowest BCUT2D eigenvalue weighted by atomic mass is 10.0. The molecule has 7 heteroatoms. The van der Waals surface area contributed by atoms with Gasteiger partial charge in [0.05, 0.1) is 24.8 Å². The molecular formula is C18H12BrN3O3. The fourth-order valence-electron chi connectivity index (χ4n) is 2.70. The summed E-state index contributed by atoms with van der Waals surface area (Å²) in [5, 5.41) is 12.6. The Morgan fingerprint density at radius 3 is 2.92 bits per heavy atom. The van der Waals surface area contributed by atoms with Crippen LogP contribution in [0.1, 0.15) is 27.2 Å². The molecule has 1 aromatic carbocycles. The number of nitrogens with one attached hydrogen (secondary N) is 1. The fraction of sp³-hybridized carbons (Fsp3) is 0.0556. The zero-order valence-corrected chi connectivity index (χ0v) is 14.4. The molecule has 1 aliphatic rings. The maximum atomic E-state index is 12.4. The van der Waals surface area contributed by atoms with Gasteiger partial charge in [-0.2, -0.15) is 0 Å². The number of anilines is 1. The molecule has 0 saturated carbocycles. The van der Waals surface area contributed by atoms with Crippen LogP contribution in [0.4, 0.5) is 5.69 Å². The third kappa shape index (κ3) is 2.94. The monoisotopic (exact) mass is 397 g/mol. The molecule has 0 atom stereocenters. The predicted molar refractivity (Wildman–Crippen MR) is 96.0 cm³/mol. The van der Waals surface area contributed by atoms with Crippen LogP contribution in [-0.4, -0.2) is 21.7 Å². The number of carbonyl (C=O) groups excluding carboxylic acids is 1. The van der Waals surface area contributed by atoms with E-state index in [-0.39, 0.29) is 11.4 Å². The number of aromatic nitrogens is 1. The van der Waals surface area contributed by atoms with Crippen LogP contribution in [-0.2, 0) is 6.54 Å². The van der Waals surface area contributed by atoms with Crippen LogP contribution >= 0.6 is 15.9 Å². The summed E-state index contributed by atoms with van der Waals surface area (Å²) in [5.74, 6) is -0.668. The summed E-state index contributed by atoms with van der Waals surface area (Å²) in [6.07, 6.45) is 4.70. The van der Waals surface area contributed by atoms with Crippen molar-refractivity contribution in [1.29, 1.82) is 0 Å². The van der Waals surface area contributed by atoms with E-state index in [0.29, 0.717) is 16.7 Å². The standard InChI is InChI=1S/C18H12BrN3O3/c19-12-5-15(23)17(21-8-12)18(24)22-13-2-1-10-7-20-16(14(10)6-13)11-3-4-25-9-11/h1-6,8-9,23H,7H2,(H,22,24). The minimum absolute atomic E-state index is 0.0348. The quantitative estimate of drug-likeness (QED) is 0.704. The number of fused-ring (bicyclic) bond motifs is 1. The van der Waals surface area contributed by atoms with E-state index in [1.54, 1.807) is 18.6 Å². The van der Waals surface area contributed by atoms with Gasteiger partial charge >= 0.3 is 0 Å². The van der Waals surface area contributed by atoms with E-state index in [4.69, 9.17) is 4.42 Å². The third-order valence-electron chi connectivity index (χ3n) is 3.87. The highest BCUT2D eigenvalue weighted by atomic mass is 79.9. The van der Waals surface area contributed by atoms with Crippen molar-refractivity contribution >= 4 is 33.2 Å². The molecule has 2 N–H and O–H groups in total. The predicted octanol–water partition coefficient (Wildman–Crippen LogP) is 3.75. The molecule has 0 unspecified atom stereocenters. The number of rotatable bonds is 3. The van der Waals surface area contributed by atoms with E-state index >= 15 is 0 Å². The van der Waals surface area contributed by atoms with Gasteiger partial charge in [0.1, 0.15) is 5.75 Å². The van der Waals surface area contributed by atoms with Gasteiger partial charge in [0.25, 0.3) is 5.91 Å². The van der Waals surface area contributed by atoms with Crippen LogP contribution in [0.25, 0.3) is 0 Å². The number of amides is 1. The van der Waals surface area contributed by atoms with Crippen LogP contribution < -0.4 is 5.32 Å². The second-order valence-corrected chi connectivity index (χ2v) is 6.44. The van der Waals surface area contributed by atoms with Gasteiger partial charge in [0.2, 0.25) is 0 Å². The Kier molecular flexibility index (Phi) is 3.85. The molecule has 0 spiro atoms. The van der Waals surface area contributed by atoms with Gasteiger partial charge in [-0.15, -0.1) is 0 Å². The molecule has 25 heavy (non-hydrogen) atoms. The highest BCUT2D eigenvalue weighted by Gasteiger charge is 2.20. The van der Waals surface area contributed by atoms with Gasteiger partial charge in [-0.25, -0.2) is 4.98 Å². The van der Waals surface area contributed by atoms with Gasteiger partial charge in [0, 0.05) is 27.5 Å². The number of nitrogens with zero attached hydrogens (tertiary/aromatic N) is 2. The van der Waals surface area contributed by atoms with Crippen molar-refractivity contribution in [3.05, 3.63) is 75.9 Å². The molecule has 1 aliphatic heterocycles. The van der Waals surface area contributed by atoms with Crippen molar-refractivity contribution in [2.75, 3.05) is 5.32 Å². The first-order valence-electron chi connectivity index (χ1n) is 7.48. The summed E-state index contributed by atoms with van der Waals surface area (Å²) in [4.78, 5) is 20.9. The lowest BCUT2D eigenvalue weighted by molar-refractivity contribution is 0.101. The molecule has 0 radical (unpaired) electrons. The number of furan rings is 1. The van der Waals surface area contributed by atoms with Crippen LogP contribution in [0.2, 0.25) is 0 Å². The van der Waals surface area contributed by atoms with E-state index in [0.717, 1.165) is 22.4 Å². The van der Waals surface area contributed by atoms with Crippen molar-refractivity contribution < 1.29 is 14.3 Å². The largest absolute Gasteiger partial charge is 0.505 e. The molecule has 4 rings (SSSR count). The first kappa shape index (κ1) is 15.6. The van der Waals surface area contributed by atoms with Crippen molar-refractivity contribution in [1.82, 2.24) is 4.98 Å². The maximum Gasteiger partial charge on any atom is 0.278 e. The topological polar surface area (TPSA) is 87.7 Å². The molecule has 3 aromatic rings.